The lowest BCUT2D eigenvalue weighted by molar-refractivity contribution is 0.0447. The van der Waals surface area contributed by atoms with Crippen LogP contribution in [0.1, 0.15) is 10.4 Å². The number of hydrogen-bond acceptors (Lipinski definition) is 6. The van der Waals surface area contributed by atoms with E-state index in [1.165, 1.54) is 12.1 Å². The number of benzene rings is 3. The van der Waals surface area contributed by atoms with E-state index in [1.54, 1.807) is 6.07 Å². The summed E-state index contributed by atoms with van der Waals surface area (Å²) in [4.78, 5) is 12.1. The average molecular weight is 394 g/mol. The molecule has 0 aliphatic heterocycles. The van der Waals surface area contributed by atoms with Crippen LogP contribution in [0.15, 0.2) is 78.9 Å². The second-order valence-electron chi connectivity index (χ2n) is 5.99. The van der Waals surface area contributed by atoms with E-state index in [0.29, 0.717) is 24.7 Å². The van der Waals surface area contributed by atoms with Gasteiger partial charge in [0.2, 0.25) is 0 Å². The number of carbonyl (C=O) groups excluding carboxylic acids is 1. The first kappa shape index (κ1) is 20.1. The number of carbonyl (C=O) groups is 1. The summed E-state index contributed by atoms with van der Waals surface area (Å²) in [5.41, 5.74) is 0.0672. The monoisotopic (exact) mass is 394 g/mol. The molecule has 3 rings (SSSR count). The molecule has 3 aromatic rings. The Hall–Kier alpha value is -3.67. The number of ether oxygens (including phenoxy) is 4. The summed E-state index contributed by atoms with van der Waals surface area (Å²) in [6, 6.07) is 23.1. The third-order valence-electron chi connectivity index (χ3n) is 3.88. The smallest absolute Gasteiger partial charge is 0.342 e. The summed E-state index contributed by atoms with van der Waals surface area (Å²) >= 11 is 0. The Bertz CT molecular complexity index is 896. The van der Waals surface area contributed by atoms with Gasteiger partial charge in [0.1, 0.15) is 55.0 Å². The van der Waals surface area contributed by atoms with Crippen LogP contribution in [0, 0.1) is 0 Å². The molecule has 0 unspecified atom stereocenters. The van der Waals surface area contributed by atoms with Crippen molar-refractivity contribution in [3.63, 3.8) is 0 Å². The summed E-state index contributed by atoms with van der Waals surface area (Å²) in [5, 5.41) is 10.1. The maximum absolute atomic E-state index is 12.1. The quantitative estimate of drug-likeness (QED) is 0.412. The Morgan fingerprint density at radius 3 is 1.72 bits per heavy atom. The molecule has 1 N–H and O–H groups in total. The molecule has 0 amide bonds. The Labute approximate surface area is 169 Å². The van der Waals surface area contributed by atoms with Gasteiger partial charge in [0.25, 0.3) is 0 Å². The van der Waals surface area contributed by atoms with Gasteiger partial charge in [0, 0.05) is 6.07 Å². The van der Waals surface area contributed by atoms with Crippen molar-refractivity contribution in [1.29, 1.82) is 0 Å². The van der Waals surface area contributed by atoms with Gasteiger partial charge in [-0.2, -0.15) is 0 Å². The highest BCUT2D eigenvalue weighted by Crippen LogP contribution is 2.24. The summed E-state index contributed by atoms with van der Waals surface area (Å²) < 4.78 is 21.7. The minimum Gasteiger partial charge on any atom is -0.507 e. The number of esters is 1. The zero-order valence-electron chi connectivity index (χ0n) is 15.8. The van der Waals surface area contributed by atoms with Crippen molar-refractivity contribution in [3.05, 3.63) is 84.4 Å². The van der Waals surface area contributed by atoms with Gasteiger partial charge in [-0.1, -0.05) is 36.4 Å². The molecule has 29 heavy (non-hydrogen) atoms. The van der Waals surface area contributed by atoms with Gasteiger partial charge in [0.15, 0.2) is 0 Å². The van der Waals surface area contributed by atoms with Crippen LogP contribution in [-0.4, -0.2) is 37.5 Å². The van der Waals surface area contributed by atoms with Gasteiger partial charge in [-0.15, -0.1) is 0 Å². The maximum atomic E-state index is 12.1. The SMILES string of the molecule is O=C(OCCOc1ccccc1)c1ccc(OCCOc2ccccc2)cc1O. The van der Waals surface area contributed by atoms with Crippen LogP contribution in [-0.2, 0) is 4.74 Å². The van der Waals surface area contributed by atoms with Crippen molar-refractivity contribution in [3.8, 4) is 23.0 Å². The molecular formula is C23H22O6. The molecule has 0 aromatic heterocycles. The second kappa shape index (κ2) is 10.6. The number of rotatable bonds is 10. The third kappa shape index (κ3) is 6.46. The zero-order valence-corrected chi connectivity index (χ0v) is 15.8. The van der Waals surface area contributed by atoms with E-state index in [4.69, 9.17) is 18.9 Å². The highest BCUT2D eigenvalue weighted by Gasteiger charge is 2.13. The Morgan fingerprint density at radius 2 is 1.17 bits per heavy atom. The standard InChI is InChI=1S/C23H22O6/c24-22-17-20(28-14-13-26-18-7-3-1-4-8-18)11-12-21(22)23(25)29-16-15-27-19-9-5-2-6-10-19/h1-12,17,24H,13-16H2. The molecule has 0 aliphatic rings. The van der Waals surface area contributed by atoms with Crippen LogP contribution >= 0.6 is 0 Å². The number of phenolic OH excluding ortho intramolecular Hbond substituents is 1. The maximum Gasteiger partial charge on any atom is 0.342 e. The lowest BCUT2D eigenvalue weighted by atomic mass is 10.2. The molecule has 0 heterocycles. The number of para-hydroxylation sites is 2. The molecule has 0 radical (unpaired) electrons. The van der Waals surface area contributed by atoms with Crippen molar-refractivity contribution in [2.75, 3.05) is 26.4 Å². The summed E-state index contributed by atoms with van der Waals surface area (Å²) in [6.45, 7) is 0.951. The number of phenols is 1. The third-order valence-corrected chi connectivity index (χ3v) is 3.88. The van der Waals surface area contributed by atoms with E-state index in [2.05, 4.69) is 0 Å². The number of aromatic hydroxyl groups is 1. The molecule has 0 saturated carbocycles. The first-order valence-corrected chi connectivity index (χ1v) is 9.21. The Balaban J connectivity index is 1.40. The van der Waals surface area contributed by atoms with E-state index < -0.39 is 5.97 Å². The van der Waals surface area contributed by atoms with Crippen molar-refractivity contribution in [1.82, 2.24) is 0 Å². The van der Waals surface area contributed by atoms with E-state index in [0.717, 1.165) is 5.75 Å². The minimum absolute atomic E-state index is 0.0672. The lowest BCUT2D eigenvalue weighted by Crippen LogP contribution is -2.13. The minimum atomic E-state index is -0.627. The van der Waals surface area contributed by atoms with Gasteiger partial charge in [-0.05, 0) is 36.4 Å². The zero-order chi connectivity index (χ0) is 20.3. The van der Waals surface area contributed by atoms with Gasteiger partial charge >= 0.3 is 5.97 Å². The molecule has 0 spiro atoms. The van der Waals surface area contributed by atoms with E-state index in [9.17, 15) is 9.90 Å². The van der Waals surface area contributed by atoms with Crippen molar-refractivity contribution in [2.45, 2.75) is 0 Å². The topological polar surface area (TPSA) is 74.2 Å². The van der Waals surface area contributed by atoms with Crippen molar-refractivity contribution < 1.29 is 28.8 Å². The largest absolute Gasteiger partial charge is 0.507 e. The molecule has 6 nitrogen and oxygen atoms in total. The van der Waals surface area contributed by atoms with Crippen LogP contribution in [0.3, 0.4) is 0 Å². The molecule has 3 aromatic carbocycles. The van der Waals surface area contributed by atoms with Crippen molar-refractivity contribution in [2.24, 2.45) is 0 Å². The molecule has 150 valence electrons. The lowest BCUT2D eigenvalue weighted by Gasteiger charge is -2.11. The highest BCUT2D eigenvalue weighted by atomic mass is 16.6. The second-order valence-corrected chi connectivity index (χ2v) is 5.99. The summed E-state index contributed by atoms with van der Waals surface area (Å²) in [7, 11) is 0. The van der Waals surface area contributed by atoms with E-state index in [-0.39, 0.29) is 24.5 Å². The molecule has 0 fully saturated rings. The molecule has 0 bridgehead atoms. The fraction of sp³-hybridized carbons (Fsp3) is 0.174. The molecular weight excluding hydrogens is 372 g/mol. The number of hydrogen-bond donors (Lipinski definition) is 1. The van der Waals surface area contributed by atoms with Crippen LogP contribution in [0.25, 0.3) is 0 Å². The first-order chi connectivity index (χ1) is 14.2. The van der Waals surface area contributed by atoms with Crippen LogP contribution in [0.2, 0.25) is 0 Å². The summed E-state index contributed by atoms with van der Waals surface area (Å²) in [6.07, 6.45) is 0. The van der Waals surface area contributed by atoms with Gasteiger partial charge in [-0.25, -0.2) is 4.79 Å². The van der Waals surface area contributed by atoms with Crippen LogP contribution in [0.5, 0.6) is 23.0 Å². The van der Waals surface area contributed by atoms with Gasteiger partial charge in [0.05, 0.1) is 0 Å². The van der Waals surface area contributed by atoms with Crippen LogP contribution in [0.4, 0.5) is 0 Å². The predicted molar refractivity (Wildman–Crippen MR) is 108 cm³/mol. The fourth-order valence-electron chi connectivity index (χ4n) is 2.50. The first-order valence-electron chi connectivity index (χ1n) is 9.21. The fourth-order valence-corrected chi connectivity index (χ4v) is 2.50. The van der Waals surface area contributed by atoms with Gasteiger partial charge in [-0.3, -0.25) is 0 Å². The normalized spacial score (nSPS) is 10.2. The molecule has 0 aliphatic carbocycles. The van der Waals surface area contributed by atoms with E-state index >= 15 is 0 Å². The molecule has 0 saturated heterocycles. The Kier molecular flexibility index (Phi) is 7.34. The molecule has 0 atom stereocenters. The van der Waals surface area contributed by atoms with E-state index in [1.807, 2.05) is 60.7 Å². The highest BCUT2D eigenvalue weighted by molar-refractivity contribution is 5.92. The summed E-state index contributed by atoms with van der Waals surface area (Å²) in [5.74, 6) is 1.05. The molecule has 6 heteroatoms. The van der Waals surface area contributed by atoms with Crippen molar-refractivity contribution >= 4 is 5.97 Å². The predicted octanol–water partition coefficient (Wildman–Crippen LogP) is 4.09. The average Bonchev–Trinajstić information content (AvgIpc) is 2.76. The Morgan fingerprint density at radius 1 is 0.655 bits per heavy atom. The van der Waals surface area contributed by atoms with Crippen LogP contribution < -0.4 is 14.2 Å². The van der Waals surface area contributed by atoms with Gasteiger partial charge < -0.3 is 24.1 Å².